The largest absolute Gasteiger partial charge is 0.218 e. The summed E-state index contributed by atoms with van der Waals surface area (Å²) in [5.41, 5.74) is 4.07. The van der Waals surface area contributed by atoms with E-state index >= 15 is 0 Å². The van der Waals surface area contributed by atoms with E-state index in [2.05, 4.69) is 19.6 Å². The molecule has 2 nitrogen and oxygen atoms in total. The van der Waals surface area contributed by atoms with Crippen molar-refractivity contribution in [3.8, 4) is 0 Å². The van der Waals surface area contributed by atoms with Crippen LogP contribution in [0.15, 0.2) is 45.9 Å². The van der Waals surface area contributed by atoms with E-state index in [-0.39, 0.29) is 0 Å². The van der Waals surface area contributed by atoms with Crippen molar-refractivity contribution in [3.63, 3.8) is 0 Å². The summed E-state index contributed by atoms with van der Waals surface area (Å²) in [7, 11) is -3.40. The number of sulfone groups is 1. The first kappa shape index (κ1) is 16.7. The molecule has 0 unspecified atom stereocenters. The highest BCUT2D eigenvalue weighted by atomic mass is 32.2. The van der Waals surface area contributed by atoms with Crippen molar-refractivity contribution in [3.05, 3.63) is 46.5 Å². The lowest BCUT2D eigenvalue weighted by Crippen LogP contribution is -2.04. The molecular formula is C17H24O2S. The first-order valence-corrected chi connectivity index (χ1v) is 8.76. The van der Waals surface area contributed by atoms with Gasteiger partial charge >= 0.3 is 0 Å². The van der Waals surface area contributed by atoms with Gasteiger partial charge in [-0.25, -0.2) is 8.42 Å². The molecule has 0 atom stereocenters. The Morgan fingerprint density at radius 2 is 1.80 bits per heavy atom. The average molecular weight is 292 g/mol. The molecule has 0 N–H and O–H groups in total. The molecule has 110 valence electrons. The van der Waals surface area contributed by atoms with Crippen LogP contribution in [0.3, 0.4) is 0 Å². The molecule has 3 heteroatoms. The van der Waals surface area contributed by atoms with Gasteiger partial charge in [0, 0.05) is 0 Å². The Morgan fingerprint density at radius 3 is 2.35 bits per heavy atom. The minimum atomic E-state index is -3.40. The average Bonchev–Trinajstić information content (AvgIpc) is 2.43. The molecule has 1 aromatic rings. The first-order valence-electron chi connectivity index (χ1n) is 7.28. The van der Waals surface area contributed by atoms with Gasteiger partial charge in [-0.15, -0.1) is 5.73 Å². The molecule has 1 aromatic carbocycles. The topological polar surface area (TPSA) is 34.1 Å². The van der Waals surface area contributed by atoms with Gasteiger partial charge < -0.3 is 0 Å². The van der Waals surface area contributed by atoms with E-state index in [1.165, 1.54) is 0 Å². The lowest BCUT2D eigenvalue weighted by molar-refractivity contribution is 0.599. The van der Waals surface area contributed by atoms with E-state index in [9.17, 15) is 8.42 Å². The Hall–Kier alpha value is -1.31. The number of unbranched alkanes of at least 4 members (excludes halogenated alkanes) is 2. The molecule has 0 aliphatic heterocycles. The second kappa shape index (κ2) is 8.08. The molecule has 0 fully saturated rings. The molecule has 0 bridgehead atoms. The lowest BCUT2D eigenvalue weighted by atomic mass is 10.2. The Balaban J connectivity index is 3.16. The van der Waals surface area contributed by atoms with Crippen LogP contribution in [0.4, 0.5) is 0 Å². The third kappa shape index (κ3) is 4.66. The molecule has 0 aliphatic rings. The van der Waals surface area contributed by atoms with Gasteiger partial charge in [0.25, 0.3) is 0 Å². The Labute approximate surface area is 123 Å². The number of aryl methyl sites for hydroxylation is 1. The normalized spacial score (nSPS) is 10.9. The minimum Gasteiger partial charge on any atom is -0.218 e. The predicted molar refractivity (Wildman–Crippen MR) is 84.4 cm³/mol. The third-order valence-corrected chi connectivity index (χ3v) is 4.97. The highest BCUT2D eigenvalue weighted by Crippen LogP contribution is 2.23. The number of hydrogen-bond acceptors (Lipinski definition) is 2. The second-order valence-electron chi connectivity index (χ2n) is 4.98. The van der Waals surface area contributed by atoms with Crippen molar-refractivity contribution in [1.29, 1.82) is 0 Å². The fourth-order valence-corrected chi connectivity index (χ4v) is 3.24. The van der Waals surface area contributed by atoms with Crippen molar-refractivity contribution in [2.24, 2.45) is 0 Å². The predicted octanol–water partition coefficient (Wildman–Crippen LogP) is 4.80. The maximum Gasteiger partial charge on any atom is 0.210 e. The molecule has 0 radical (unpaired) electrons. The van der Waals surface area contributed by atoms with Gasteiger partial charge in [0.1, 0.15) is 0 Å². The quantitative estimate of drug-likeness (QED) is 0.677. The van der Waals surface area contributed by atoms with Crippen molar-refractivity contribution >= 4 is 9.84 Å². The highest BCUT2D eigenvalue weighted by Gasteiger charge is 2.19. The molecule has 0 aromatic heterocycles. The summed E-state index contributed by atoms with van der Waals surface area (Å²) < 4.78 is 25.2. The van der Waals surface area contributed by atoms with Crippen molar-refractivity contribution in [2.45, 2.75) is 57.8 Å². The van der Waals surface area contributed by atoms with Gasteiger partial charge in [-0.3, -0.25) is 0 Å². The van der Waals surface area contributed by atoms with Crippen LogP contribution in [0.1, 0.15) is 51.5 Å². The summed E-state index contributed by atoms with van der Waals surface area (Å²) in [6.45, 7) is 6.08. The summed E-state index contributed by atoms with van der Waals surface area (Å²) in [5.74, 6) is 0. The van der Waals surface area contributed by atoms with Gasteiger partial charge in [-0.05, 0) is 44.4 Å². The zero-order chi connectivity index (χ0) is 15.0. The molecular weight excluding hydrogens is 268 g/mol. The molecule has 0 heterocycles. The summed E-state index contributed by atoms with van der Waals surface area (Å²) in [5, 5.41) is 0. The fourth-order valence-electron chi connectivity index (χ4n) is 1.81. The standard InChI is InChI=1S/C17H24O2S/c1-4-6-8-10-16(9-7-5-2)20(18,19)17-13-11-15(3)12-14-17/h8,11-14H,4-7,9H2,1-3H3. The van der Waals surface area contributed by atoms with E-state index < -0.39 is 9.84 Å². The zero-order valence-corrected chi connectivity index (χ0v) is 13.5. The molecule has 0 amide bonds. The summed E-state index contributed by atoms with van der Waals surface area (Å²) in [6, 6.07) is 7.02. The van der Waals surface area contributed by atoms with Crippen LogP contribution in [0.2, 0.25) is 0 Å². The van der Waals surface area contributed by atoms with Gasteiger partial charge in [0.2, 0.25) is 9.84 Å². The van der Waals surface area contributed by atoms with Crippen molar-refractivity contribution in [2.75, 3.05) is 0 Å². The van der Waals surface area contributed by atoms with E-state index in [4.69, 9.17) is 0 Å². The van der Waals surface area contributed by atoms with E-state index in [0.717, 1.165) is 31.2 Å². The van der Waals surface area contributed by atoms with Crippen LogP contribution < -0.4 is 0 Å². The second-order valence-corrected chi connectivity index (χ2v) is 6.95. The fraction of sp³-hybridized carbons (Fsp3) is 0.471. The van der Waals surface area contributed by atoms with Gasteiger partial charge in [0.15, 0.2) is 0 Å². The monoisotopic (exact) mass is 292 g/mol. The highest BCUT2D eigenvalue weighted by molar-refractivity contribution is 7.95. The van der Waals surface area contributed by atoms with Gasteiger partial charge in [-0.1, -0.05) is 44.4 Å². The van der Waals surface area contributed by atoms with Crippen LogP contribution in [0, 0.1) is 6.92 Å². The summed E-state index contributed by atoms with van der Waals surface area (Å²) >= 11 is 0. The Bertz CT molecular complexity index is 574. The first-order chi connectivity index (χ1) is 9.52. The minimum absolute atomic E-state index is 0.367. The lowest BCUT2D eigenvalue weighted by Gasteiger charge is -2.07. The number of rotatable bonds is 7. The van der Waals surface area contributed by atoms with Crippen molar-refractivity contribution in [1.82, 2.24) is 0 Å². The van der Waals surface area contributed by atoms with Crippen LogP contribution in [-0.2, 0) is 9.84 Å². The molecule has 20 heavy (non-hydrogen) atoms. The number of allylic oxidation sites excluding steroid dienone is 1. The van der Waals surface area contributed by atoms with Crippen LogP contribution in [0.5, 0.6) is 0 Å². The molecule has 0 spiro atoms. The molecule has 0 aliphatic carbocycles. The van der Waals surface area contributed by atoms with Gasteiger partial charge in [0.05, 0.1) is 9.80 Å². The third-order valence-electron chi connectivity index (χ3n) is 3.11. The SMILES string of the molecule is CCCC=C=C(CCCC)S(=O)(=O)c1ccc(C)cc1. The van der Waals surface area contributed by atoms with Gasteiger partial charge in [-0.2, -0.15) is 0 Å². The molecule has 1 rings (SSSR count). The van der Waals surface area contributed by atoms with Crippen molar-refractivity contribution < 1.29 is 8.42 Å². The zero-order valence-electron chi connectivity index (χ0n) is 12.6. The number of benzene rings is 1. The maximum absolute atomic E-state index is 12.6. The summed E-state index contributed by atoms with van der Waals surface area (Å²) in [6.07, 6.45) is 6.11. The van der Waals surface area contributed by atoms with Crippen LogP contribution in [-0.4, -0.2) is 8.42 Å². The van der Waals surface area contributed by atoms with Crippen LogP contribution in [0.25, 0.3) is 0 Å². The Kier molecular flexibility index (Phi) is 6.77. The number of hydrogen-bond donors (Lipinski definition) is 0. The maximum atomic E-state index is 12.6. The van der Waals surface area contributed by atoms with Crippen LogP contribution >= 0.6 is 0 Å². The summed E-state index contributed by atoms with van der Waals surface area (Å²) in [4.78, 5) is 0.781. The molecule has 0 saturated carbocycles. The molecule has 0 saturated heterocycles. The van der Waals surface area contributed by atoms with E-state index in [1.807, 2.05) is 25.1 Å². The smallest absolute Gasteiger partial charge is 0.210 e. The van der Waals surface area contributed by atoms with E-state index in [1.54, 1.807) is 12.1 Å². The van der Waals surface area contributed by atoms with E-state index in [0.29, 0.717) is 16.2 Å². The Morgan fingerprint density at radius 1 is 1.15 bits per heavy atom.